The first kappa shape index (κ1) is 16.6. The Kier molecular flexibility index (Phi) is 5.02. The van der Waals surface area contributed by atoms with Gasteiger partial charge < -0.3 is 5.32 Å². The molecule has 0 saturated heterocycles. The SMILES string of the molecule is CCCCNC1=NN(c2nc3c(s2)CCCC3)C(c2ccccc2)C1. The normalized spacial score (nSPS) is 19.6. The van der Waals surface area contributed by atoms with Crippen molar-refractivity contribution in [3.8, 4) is 0 Å². The van der Waals surface area contributed by atoms with Crippen LogP contribution in [0.15, 0.2) is 35.4 Å². The summed E-state index contributed by atoms with van der Waals surface area (Å²) in [4.78, 5) is 6.42. The number of benzene rings is 1. The summed E-state index contributed by atoms with van der Waals surface area (Å²) in [6, 6.07) is 11.0. The van der Waals surface area contributed by atoms with E-state index in [0.29, 0.717) is 0 Å². The fourth-order valence-electron chi connectivity index (χ4n) is 3.57. The summed E-state index contributed by atoms with van der Waals surface area (Å²) in [6.45, 7) is 3.22. The van der Waals surface area contributed by atoms with Gasteiger partial charge in [-0.05, 0) is 37.7 Å². The molecule has 2 aromatic rings. The molecule has 0 saturated carbocycles. The van der Waals surface area contributed by atoms with Crippen molar-refractivity contribution < 1.29 is 0 Å². The van der Waals surface area contributed by atoms with Gasteiger partial charge in [0.05, 0.1) is 11.7 Å². The Bertz CT molecular complexity index is 714. The van der Waals surface area contributed by atoms with Gasteiger partial charge in [0.25, 0.3) is 0 Å². The van der Waals surface area contributed by atoms with Gasteiger partial charge in [0.1, 0.15) is 5.84 Å². The van der Waals surface area contributed by atoms with Crippen LogP contribution >= 0.6 is 11.3 Å². The van der Waals surface area contributed by atoms with E-state index in [1.165, 1.54) is 48.2 Å². The number of aryl methyl sites for hydroxylation is 2. The maximum absolute atomic E-state index is 4.95. The smallest absolute Gasteiger partial charge is 0.207 e. The molecule has 0 spiro atoms. The number of nitrogens with one attached hydrogen (secondary N) is 1. The van der Waals surface area contributed by atoms with Crippen LogP contribution in [0.3, 0.4) is 0 Å². The van der Waals surface area contributed by atoms with Crippen LogP contribution in [0.5, 0.6) is 0 Å². The zero-order chi connectivity index (χ0) is 17.1. The number of hydrogen-bond donors (Lipinski definition) is 1. The summed E-state index contributed by atoms with van der Waals surface area (Å²) in [6.07, 6.45) is 8.18. The van der Waals surface area contributed by atoms with Crippen LogP contribution in [-0.2, 0) is 12.8 Å². The van der Waals surface area contributed by atoms with Crippen LogP contribution in [0.25, 0.3) is 0 Å². The number of unbranched alkanes of at least 4 members (excludes halogenated alkanes) is 1. The third-order valence-corrected chi connectivity index (χ3v) is 6.13. The number of thiazole rings is 1. The van der Waals surface area contributed by atoms with Gasteiger partial charge in [0, 0.05) is 17.8 Å². The number of nitrogens with zero attached hydrogens (tertiary/aromatic N) is 3. The van der Waals surface area contributed by atoms with Crippen molar-refractivity contribution in [2.45, 2.75) is 57.9 Å². The predicted molar refractivity (Wildman–Crippen MR) is 105 cm³/mol. The average molecular weight is 355 g/mol. The third-order valence-electron chi connectivity index (χ3n) is 4.98. The van der Waals surface area contributed by atoms with Crippen molar-refractivity contribution >= 4 is 22.3 Å². The minimum Gasteiger partial charge on any atom is -0.372 e. The van der Waals surface area contributed by atoms with Gasteiger partial charge in [0.2, 0.25) is 5.13 Å². The highest BCUT2D eigenvalue weighted by Gasteiger charge is 2.32. The lowest BCUT2D eigenvalue weighted by Gasteiger charge is -2.20. The Balaban J connectivity index is 1.61. The zero-order valence-corrected chi connectivity index (χ0v) is 15.7. The van der Waals surface area contributed by atoms with E-state index < -0.39 is 0 Å². The monoisotopic (exact) mass is 354 g/mol. The van der Waals surface area contributed by atoms with Gasteiger partial charge in [-0.2, -0.15) is 5.10 Å². The Labute approximate surface area is 154 Å². The summed E-state index contributed by atoms with van der Waals surface area (Å²) in [5, 5.41) is 11.7. The molecule has 0 bridgehead atoms. The summed E-state index contributed by atoms with van der Waals surface area (Å²) < 4.78 is 0. The highest BCUT2D eigenvalue weighted by atomic mass is 32.1. The van der Waals surface area contributed by atoms with Crippen molar-refractivity contribution in [3.05, 3.63) is 46.5 Å². The molecule has 1 unspecified atom stereocenters. The summed E-state index contributed by atoms with van der Waals surface area (Å²) in [5.41, 5.74) is 2.62. The molecule has 1 atom stereocenters. The lowest BCUT2D eigenvalue weighted by Crippen LogP contribution is -2.23. The van der Waals surface area contributed by atoms with E-state index in [1.807, 2.05) is 11.3 Å². The largest absolute Gasteiger partial charge is 0.372 e. The molecular formula is C20H26N4S. The summed E-state index contributed by atoms with van der Waals surface area (Å²) >= 11 is 1.84. The number of hydrazone groups is 1. The fraction of sp³-hybridized carbons (Fsp3) is 0.500. The minimum absolute atomic E-state index is 0.248. The van der Waals surface area contributed by atoms with Gasteiger partial charge >= 0.3 is 0 Å². The number of amidine groups is 1. The van der Waals surface area contributed by atoms with Crippen LogP contribution in [0.4, 0.5) is 5.13 Å². The van der Waals surface area contributed by atoms with E-state index in [4.69, 9.17) is 10.1 Å². The van der Waals surface area contributed by atoms with Crippen LogP contribution in [0.2, 0.25) is 0 Å². The van der Waals surface area contributed by atoms with Crippen molar-refractivity contribution in [1.29, 1.82) is 0 Å². The lowest BCUT2D eigenvalue weighted by atomic mass is 10.0. The molecule has 25 heavy (non-hydrogen) atoms. The summed E-state index contributed by atoms with van der Waals surface area (Å²) in [5.74, 6) is 1.09. The Morgan fingerprint density at radius 3 is 2.84 bits per heavy atom. The second-order valence-electron chi connectivity index (χ2n) is 6.88. The quantitative estimate of drug-likeness (QED) is 0.793. The van der Waals surface area contributed by atoms with Crippen LogP contribution < -0.4 is 10.3 Å². The van der Waals surface area contributed by atoms with Gasteiger partial charge in [-0.25, -0.2) is 9.99 Å². The van der Waals surface area contributed by atoms with E-state index in [0.717, 1.165) is 30.4 Å². The Hall–Kier alpha value is -1.88. The van der Waals surface area contributed by atoms with Crippen molar-refractivity contribution in [2.75, 3.05) is 11.6 Å². The van der Waals surface area contributed by atoms with E-state index in [-0.39, 0.29) is 6.04 Å². The second-order valence-corrected chi connectivity index (χ2v) is 7.94. The molecule has 1 aromatic heterocycles. The van der Waals surface area contributed by atoms with Gasteiger partial charge in [-0.3, -0.25) is 0 Å². The van der Waals surface area contributed by atoms with Crippen LogP contribution in [-0.4, -0.2) is 17.4 Å². The molecule has 2 heterocycles. The average Bonchev–Trinajstić information content (AvgIpc) is 3.26. The molecule has 0 fully saturated rings. The molecule has 0 radical (unpaired) electrons. The molecule has 4 nitrogen and oxygen atoms in total. The van der Waals surface area contributed by atoms with Crippen LogP contribution in [0, 0.1) is 0 Å². The summed E-state index contributed by atoms with van der Waals surface area (Å²) in [7, 11) is 0. The zero-order valence-electron chi connectivity index (χ0n) is 14.9. The van der Waals surface area contributed by atoms with Gasteiger partial charge in [-0.1, -0.05) is 55.0 Å². The van der Waals surface area contributed by atoms with Crippen molar-refractivity contribution in [3.63, 3.8) is 0 Å². The molecular weight excluding hydrogens is 328 g/mol. The number of rotatable bonds is 5. The Morgan fingerprint density at radius 1 is 1.20 bits per heavy atom. The lowest BCUT2D eigenvalue weighted by molar-refractivity contribution is 0.674. The van der Waals surface area contributed by atoms with E-state index in [1.54, 1.807) is 0 Å². The van der Waals surface area contributed by atoms with E-state index >= 15 is 0 Å². The highest BCUT2D eigenvalue weighted by Crippen LogP contribution is 2.39. The predicted octanol–water partition coefficient (Wildman–Crippen LogP) is 4.68. The molecule has 0 amide bonds. The molecule has 132 valence electrons. The van der Waals surface area contributed by atoms with Crippen molar-refractivity contribution in [2.24, 2.45) is 5.10 Å². The van der Waals surface area contributed by atoms with Gasteiger partial charge in [-0.15, -0.1) is 0 Å². The molecule has 1 N–H and O–H groups in total. The van der Waals surface area contributed by atoms with E-state index in [9.17, 15) is 0 Å². The topological polar surface area (TPSA) is 40.5 Å². The molecule has 5 heteroatoms. The maximum atomic E-state index is 4.95. The molecule has 1 aromatic carbocycles. The maximum Gasteiger partial charge on any atom is 0.207 e. The number of aromatic nitrogens is 1. The minimum atomic E-state index is 0.248. The third kappa shape index (κ3) is 3.56. The highest BCUT2D eigenvalue weighted by molar-refractivity contribution is 7.15. The fourth-order valence-corrected chi connectivity index (χ4v) is 4.72. The first-order valence-corrected chi connectivity index (χ1v) is 10.3. The van der Waals surface area contributed by atoms with Gasteiger partial charge in [0.15, 0.2) is 0 Å². The first-order chi connectivity index (χ1) is 12.3. The Morgan fingerprint density at radius 2 is 2.04 bits per heavy atom. The molecule has 4 rings (SSSR count). The molecule has 2 aliphatic rings. The molecule has 1 aliphatic heterocycles. The molecule has 1 aliphatic carbocycles. The number of fused-ring (bicyclic) bond motifs is 1. The standard InChI is InChI=1S/C20H26N4S/c1-2-3-13-21-19-14-17(15-9-5-4-6-10-15)24(23-19)20-22-16-11-7-8-12-18(16)25-20/h4-6,9-10,17H,2-3,7-8,11-14H2,1H3,(H,21,23). The second kappa shape index (κ2) is 7.56. The number of hydrogen-bond acceptors (Lipinski definition) is 5. The first-order valence-electron chi connectivity index (χ1n) is 9.49. The van der Waals surface area contributed by atoms with E-state index in [2.05, 4.69) is 47.6 Å². The van der Waals surface area contributed by atoms with Crippen molar-refractivity contribution in [1.82, 2.24) is 10.3 Å². The van der Waals surface area contributed by atoms with Crippen LogP contribution in [0.1, 0.15) is 61.2 Å². The number of anilines is 1.